The number of nitrogens with one attached hydrogen (secondary N) is 2. The standard InChI is InChI=1S/C20H23FN6/c1-26(2)16-9-5-14(6-10-16)23-19-18(21)13-22-20(25-19)24-15-7-11-17(12-8-15)27(3)4/h5-13H,1-4H3,(H2,22,23,24,25). The summed E-state index contributed by atoms with van der Waals surface area (Å²) >= 11 is 0. The molecule has 0 atom stereocenters. The number of benzene rings is 2. The highest BCUT2D eigenvalue weighted by atomic mass is 19.1. The average molecular weight is 366 g/mol. The SMILES string of the molecule is CN(C)c1ccc(Nc2ncc(F)c(Nc3ccc(N(C)C)cc3)n2)cc1. The average Bonchev–Trinajstić information content (AvgIpc) is 2.65. The zero-order chi connectivity index (χ0) is 19.4. The van der Waals surface area contributed by atoms with Crippen LogP contribution in [0.25, 0.3) is 0 Å². The van der Waals surface area contributed by atoms with E-state index in [-0.39, 0.29) is 5.82 Å². The second kappa shape index (κ2) is 7.90. The van der Waals surface area contributed by atoms with Gasteiger partial charge in [-0.25, -0.2) is 9.37 Å². The van der Waals surface area contributed by atoms with Gasteiger partial charge in [-0.1, -0.05) is 0 Å². The Balaban J connectivity index is 1.75. The molecule has 140 valence electrons. The fourth-order valence-corrected chi connectivity index (χ4v) is 2.47. The quantitative estimate of drug-likeness (QED) is 0.681. The Morgan fingerprint density at radius 3 is 1.70 bits per heavy atom. The van der Waals surface area contributed by atoms with Crippen molar-refractivity contribution in [2.45, 2.75) is 0 Å². The summed E-state index contributed by atoms with van der Waals surface area (Å²) in [4.78, 5) is 12.3. The first kappa shape index (κ1) is 18.4. The lowest BCUT2D eigenvalue weighted by Gasteiger charge is -2.14. The minimum absolute atomic E-state index is 0.120. The lowest BCUT2D eigenvalue weighted by molar-refractivity contribution is 0.619. The minimum atomic E-state index is -0.514. The van der Waals surface area contributed by atoms with E-state index in [1.807, 2.05) is 86.5 Å². The summed E-state index contributed by atoms with van der Waals surface area (Å²) in [5.41, 5.74) is 3.73. The fraction of sp³-hybridized carbons (Fsp3) is 0.200. The molecule has 0 aliphatic carbocycles. The van der Waals surface area contributed by atoms with Crippen LogP contribution < -0.4 is 20.4 Å². The van der Waals surface area contributed by atoms with Gasteiger partial charge in [0.2, 0.25) is 5.95 Å². The van der Waals surface area contributed by atoms with E-state index in [2.05, 4.69) is 20.6 Å². The van der Waals surface area contributed by atoms with Crippen LogP contribution in [0.4, 0.5) is 38.9 Å². The summed E-state index contributed by atoms with van der Waals surface area (Å²) in [5, 5.41) is 6.09. The third kappa shape index (κ3) is 4.63. The van der Waals surface area contributed by atoms with E-state index in [1.54, 1.807) is 0 Å². The maximum Gasteiger partial charge on any atom is 0.229 e. The predicted molar refractivity (Wildman–Crippen MR) is 110 cm³/mol. The maximum atomic E-state index is 14.1. The Kier molecular flexibility index (Phi) is 5.40. The molecule has 0 saturated heterocycles. The van der Waals surface area contributed by atoms with Gasteiger partial charge in [-0.2, -0.15) is 4.98 Å². The lowest BCUT2D eigenvalue weighted by Crippen LogP contribution is -2.08. The number of aromatic nitrogens is 2. The van der Waals surface area contributed by atoms with Gasteiger partial charge in [0.25, 0.3) is 0 Å². The summed E-state index contributed by atoms with van der Waals surface area (Å²) in [6.45, 7) is 0. The minimum Gasteiger partial charge on any atom is -0.378 e. The van der Waals surface area contributed by atoms with E-state index in [0.717, 1.165) is 28.9 Å². The lowest BCUT2D eigenvalue weighted by atomic mass is 10.2. The van der Waals surface area contributed by atoms with Gasteiger partial charge in [0, 0.05) is 50.9 Å². The van der Waals surface area contributed by atoms with Crippen molar-refractivity contribution in [1.82, 2.24) is 9.97 Å². The van der Waals surface area contributed by atoms with E-state index < -0.39 is 5.82 Å². The monoisotopic (exact) mass is 366 g/mol. The van der Waals surface area contributed by atoms with Crippen LogP contribution in [0.5, 0.6) is 0 Å². The molecule has 0 aliphatic rings. The number of halogens is 1. The van der Waals surface area contributed by atoms with Gasteiger partial charge in [-0.15, -0.1) is 0 Å². The molecule has 1 aromatic heterocycles. The largest absolute Gasteiger partial charge is 0.378 e. The molecule has 2 N–H and O–H groups in total. The van der Waals surface area contributed by atoms with Crippen LogP contribution in [0.15, 0.2) is 54.7 Å². The fourth-order valence-electron chi connectivity index (χ4n) is 2.47. The number of rotatable bonds is 6. The number of nitrogens with zero attached hydrogens (tertiary/aromatic N) is 4. The molecular weight excluding hydrogens is 343 g/mol. The number of hydrogen-bond acceptors (Lipinski definition) is 6. The zero-order valence-electron chi connectivity index (χ0n) is 15.9. The third-order valence-corrected chi connectivity index (χ3v) is 4.03. The van der Waals surface area contributed by atoms with Crippen LogP contribution in [-0.2, 0) is 0 Å². The zero-order valence-corrected chi connectivity index (χ0v) is 15.9. The molecule has 3 rings (SSSR count). The van der Waals surface area contributed by atoms with Gasteiger partial charge in [-0.05, 0) is 48.5 Å². The third-order valence-electron chi connectivity index (χ3n) is 4.03. The van der Waals surface area contributed by atoms with Crippen LogP contribution in [0.2, 0.25) is 0 Å². The molecule has 6 nitrogen and oxygen atoms in total. The highest BCUT2D eigenvalue weighted by Gasteiger charge is 2.08. The van der Waals surface area contributed by atoms with Crippen molar-refractivity contribution in [1.29, 1.82) is 0 Å². The van der Waals surface area contributed by atoms with Crippen LogP contribution in [0.1, 0.15) is 0 Å². The molecule has 0 radical (unpaired) electrons. The Labute approximate surface area is 158 Å². The summed E-state index contributed by atoms with van der Waals surface area (Å²) < 4.78 is 14.1. The van der Waals surface area contributed by atoms with Gasteiger partial charge in [-0.3, -0.25) is 0 Å². The Morgan fingerprint density at radius 2 is 1.22 bits per heavy atom. The molecule has 0 amide bonds. The van der Waals surface area contributed by atoms with E-state index in [4.69, 9.17) is 0 Å². The summed E-state index contributed by atoms with van der Waals surface area (Å²) in [6.07, 6.45) is 1.15. The van der Waals surface area contributed by atoms with Crippen molar-refractivity contribution in [3.63, 3.8) is 0 Å². The molecule has 1 heterocycles. The highest BCUT2D eigenvalue weighted by Crippen LogP contribution is 2.23. The molecule has 0 aliphatic heterocycles. The molecule has 0 saturated carbocycles. The van der Waals surface area contributed by atoms with E-state index in [0.29, 0.717) is 5.95 Å². The van der Waals surface area contributed by atoms with Crippen molar-refractivity contribution in [3.05, 3.63) is 60.5 Å². The Morgan fingerprint density at radius 1 is 0.741 bits per heavy atom. The summed E-state index contributed by atoms with van der Waals surface area (Å²) in [6, 6.07) is 15.5. The van der Waals surface area contributed by atoms with E-state index in [1.165, 1.54) is 0 Å². The second-order valence-electron chi connectivity index (χ2n) is 6.52. The van der Waals surface area contributed by atoms with Crippen molar-refractivity contribution in [2.24, 2.45) is 0 Å². The summed E-state index contributed by atoms with van der Waals surface area (Å²) in [5.74, 6) is -0.0726. The molecule has 0 fully saturated rings. The van der Waals surface area contributed by atoms with E-state index >= 15 is 0 Å². The van der Waals surface area contributed by atoms with Crippen LogP contribution in [-0.4, -0.2) is 38.2 Å². The summed E-state index contributed by atoms with van der Waals surface area (Å²) in [7, 11) is 7.90. The van der Waals surface area contributed by atoms with Gasteiger partial charge in [0.1, 0.15) is 0 Å². The number of hydrogen-bond donors (Lipinski definition) is 2. The van der Waals surface area contributed by atoms with Gasteiger partial charge >= 0.3 is 0 Å². The van der Waals surface area contributed by atoms with Crippen LogP contribution >= 0.6 is 0 Å². The van der Waals surface area contributed by atoms with Crippen molar-refractivity contribution >= 4 is 34.5 Å². The molecular formula is C20H23FN6. The van der Waals surface area contributed by atoms with Gasteiger partial charge in [0.15, 0.2) is 11.6 Å². The number of anilines is 6. The smallest absolute Gasteiger partial charge is 0.229 e. The van der Waals surface area contributed by atoms with Gasteiger partial charge in [0.05, 0.1) is 6.20 Å². The van der Waals surface area contributed by atoms with Gasteiger partial charge < -0.3 is 20.4 Å². The first-order valence-electron chi connectivity index (χ1n) is 8.54. The molecule has 27 heavy (non-hydrogen) atoms. The second-order valence-corrected chi connectivity index (χ2v) is 6.52. The van der Waals surface area contributed by atoms with Crippen LogP contribution in [0, 0.1) is 5.82 Å². The van der Waals surface area contributed by atoms with Crippen molar-refractivity contribution in [3.8, 4) is 0 Å². The van der Waals surface area contributed by atoms with Crippen molar-refractivity contribution < 1.29 is 4.39 Å². The molecule has 0 unspecified atom stereocenters. The Hall–Kier alpha value is -3.35. The first-order valence-corrected chi connectivity index (χ1v) is 8.54. The molecule has 7 heteroatoms. The van der Waals surface area contributed by atoms with E-state index in [9.17, 15) is 4.39 Å². The normalized spacial score (nSPS) is 10.4. The molecule has 3 aromatic rings. The first-order chi connectivity index (χ1) is 12.9. The van der Waals surface area contributed by atoms with Crippen LogP contribution in [0.3, 0.4) is 0 Å². The highest BCUT2D eigenvalue weighted by molar-refractivity contribution is 5.63. The molecule has 2 aromatic carbocycles. The molecule has 0 bridgehead atoms. The predicted octanol–water partition coefficient (Wildman–Crippen LogP) is 4.23. The van der Waals surface area contributed by atoms with Crippen molar-refractivity contribution in [2.75, 3.05) is 48.6 Å². The Bertz CT molecular complexity index is 891. The molecule has 0 spiro atoms. The topological polar surface area (TPSA) is 56.3 Å². The maximum absolute atomic E-state index is 14.1.